The number of halogens is 3. The van der Waals surface area contributed by atoms with E-state index in [4.69, 9.17) is 10.5 Å². The number of hydrogen-bond acceptors (Lipinski definition) is 4. The first kappa shape index (κ1) is 17.2. The van der Waals surface area contributed by atoms with Gasteiger partial charge in [-0.1, -0.05) is 6.07 Å². The van der Waals surface area contributed by atoms with Crippen molar-refractivity contribution in [3.63, 3.8) is 0 Å². The van der Waals surface area contributed by atoms with E-state index in [2.05, 4.69) is 4.98 Å². The fourth-order valence-electron chi connectivity index (χ4n) is 2.57. The fraction of sp³-hybridized carbons (Fsp3) is 0.176. The first-order valence-electron chi connectivity index (χ1n) is 7.24. The van der Waals surface area contributed by atoms with Gasteiger partial charge in [0.15, 0.2) is 5.69 Å². The molecule has 2 N–H and O–H groups in total. The van der Waals surface area contributed by atoms with Crippen LogP contribution in [0.25, 0.3) is 10.1 Å². The molecule has 8 heteroatoms. The Labute approximate surface area is 145 Å². The highest BCUT2D eigenvalue weighted by Gasteiger charge is 2.35. The van der Waals surface area contributed by atoms with E-state index in [0.717, 1.165) is 15.8 Å². The number of nitrogens with zero attached hydrogens (tertiary/aromatic N) is 1. The number of aryl methyl sites for hydroxylation is 1. The van der Waals surface area contributed by atoms with Crippen molar-refractivity contribution in [1.29, 1.82) is 0 Å². The molecule has 3 rings (SSSR count). The number of nitrogens with two attached hydrogens (primary N) is 1. The van der Waals surface area contributed by atoms with Crippen LogP contribution in [-0.2, 0) is 12.8 Å². The zero-order chi connectivity index (χ0) is 18.2. The van der Waals surface area contributed by atoms with Crippen molar-refractivity contribution in [3.05, 3.63) is 58.2 Å². The molecular formula is C17H13F3N2O2S. The van der Waals surface area contributed by atoms with Gasteiger partial charge in [0, 0.05) is 26.7 Å². The minimum Gasteiger partial charge on any atom is -0.489 e. The number of alkyl halides is 3. The van der Waals surface area contributed by atoms with Crippen LogP contribution in [0, 0.1) is 6.92 Å². The molecule has 0 radical (unpaired) electrons. The second-order valence-corrected chi connectivity index (χ2v) is 6.61. The molecule has 2 heterocycles. The third kappa shape index (κ3) is 3.43. The Balaban J connectivity index is 1.90. The Hall–Kier alpha value is -2.61. The zero-order valence-corrected chi connectivity index (χ0v) is 13.9. The van der Waals surface area contributed by atoms with E-state index in [1.54, 1.807) is 25.1 Å². The Bertz CT molecular complexity index is 951. The summed E-state index contributed by atoms with van der Waals surface area (Å²) < 4.78 is 45.2. The largest absolute Gasteiger partial charge is 0.489 e. The highest BCUT2D eigenvalue weighted by atomic mass is 32.1. The molecule has 0 bridgehead atoms. The van der Waals surface area contributed by atoms with Crippen molar-refractivity contribution in [1.82, 2.24) is 4.98 Å². The molecule has 0 fully saturated rings. The minimum atomic E-state index is -4.55. The standard InChI is InChI=1S/C17H13F3N2O2S/c1-9-14(16(21)23)12-7-11(4-5-13(12)25-9)24-8-10-3-2-6-22-15(10)17(18,19)20/h2-7H,8H2,1H3,(H2,21,23). The average Bonchev–Trinajstić information content (AvgIpc) is 2.87. The molecule has 4 nitrogen and oxygen atoms in total. The summed E-state index contributed by atoms with van der Waals surface area (Å²) in [5, 5.41) is 0.634. The lowest BCUT2D eigenvalue weighted by atomic mass is 10.1. The van der Waals surface area contributed by atoms with Crippen LogP contribution in [0.4, 0.5) is 13.2 Å². The molecule has 0 aliphatic heterocycles. The number of carbonyl (C=O) groups is 1. The third-order valence-corrected chi connectivity index (χ3v) is 4.72. The number of benzene rings is 1. The molecule has 25 heavy (non-hydrogen) atoms. The van der Waals surface area contributed by atoms with Crippen molar-refractivity contribution >= 4 is 27.3 Å². The van der Waals surface area contributed by atoms with Crippen LogP contribution >= 0.6 is 11.3 Å². The van der Waals surface area contributed by atoms with Crippen LogP contribution in [-0.4, -0.2) is 10.9 Å². The summed E-state index contributed by atoms with van der Waals surface area (Å²) in [6.45, 7) is 1.50. The van der Waals surface area contributed by atoms with Gasteiger partial charge in [-0.2, -0.15) is 13.2 Å². The number of aromatic nitrogens is 1. The molecule has 2 aromatic heterocycles. The molecule has 130 valence electrons. The maximum absolute atomic E-state index is 13.0. The molecule has 1 amide bonds. The highest BCUT2D eigenvalue weighted by Crippen LogP contribution is 2.34. The summed E-state index contributed by atoms with van der Waals surface area (Å²) in [7, 11) is 0. The number of thiophene rings is 1. The number of ether oxygens (including phenoxy) is 1. The molecule has 3 aromatic rings. The van der Waals surface area contributed by atoms with Gasteiger partial charge in [-0.05, 0) is 31.2 Å². The normalized spacial score (nSPS) is 11.7. The molecule has 0 saturated heterocycles. The van der Waals surface area contributed by atoms with Gasteiger partial charge in [-0.3, -0.25) is 9.78 Å². The Morgan fingerprint density at radius 3 is 2.76 bits per heavy atom. The van der Waals surface area contributed by atoms with E-state index in [1.165, 1.54) is 23.5 Å². The molecule has 0 unspecified atom stereocenters. The van der Waals surface area contributed by atoms with Gasteiger partial charge in [-0.25, -0.2) is 0 Å². The summed E-state index contributed by atoms with van der Waals surface area (Å²) in [6.07, 6.45) is -3.46. The van der Waals surface area contributed by atoms with Crippen LogP contribution in [0.15, 0.2) is 36.5 Å². The number of pyridine rings is 1. The van der Waals surface area contributed by atoms with Crippen molar-refractivity contribution < 1.29 is 22.7 Å². The molecule has 0 aliphatic carbocycles. The Morgan fingerprint density at radius 1 is 1.32 bits per heavy atom. The van der Waals surface area contributed by atoms with Crippen LogP contribution in [0.2, 0.25) is 0 Å². The topological polar surface area (TPSA) is 65.2 Å². The van der Waals surface area contributed by atoms with Gasteiger partial charge in [0.1, 0.15) is 12.4 Å². The molecule has 1 aromatic carbocycles. The van der Waals surface area contributed by atoms with E-state index in [9.17, 15) is 18.0 Å². The van der Waals surface area contributed by atoms with Gasteiger partial charge in [0.25, 0.3) is 0 Å². The number of carbonyl (C=O) groups excluding carboxylic acids is 1. The van der Waals surface area contributed by atoms with Crippen molar-refractivity contribution in [2.45, 2.75) is 19.7 Å². The van der Waals surface area contributed by atoms with Crippen molar-refractivity contribution in [3.8, 4) is 5.75 Å². The predicted molar refractivity (Wildman–Crippen MR) is 88.7 cm³/mol. The van der Waals surface area contributed by atoms with Crippen LogP contribution in [0.1, 0.15) is 26.5 Å². The second kappa shape index (κ2) is 6.36. The van der Waals surface area contributed by atoms with E-state index in [1.807, 2.05) is 0 Å². The smallest absolute Gasteiger partial charge is 0.433 e. The molecular weight excluding hydrogens is 353 g/mol. The summed E-state index contributed by atoms with van der Waals surface area (Å²) in [4.78, 5) is 15.8. The zero-order valence-electron chi connectivity index (χ0n) is 13.1. The maximum atomic E-state index is 13.0. The lowest BCUT2D eigenvalue weighted by molar-refractivity contribution is -0.142. The molecule has 0 spiro atoms. The summed E-state index contributed by atoms with van der Waals surface area (Å²) in [5.41, 5.74) is 4.77. The molecule has 0 atom stereocenters. The fourth-order valence-corrected chi connectivity index (χ4v) is 3.62. The van der Waals surface area contributed by atoms with Crippen LogP contribution in [0.3, 0.4) is 0 Å². The highest BCUT2D eigenvalue weighted by molar-refractivity contribution is 7.19. The minimum absolute atomic E-state index is 0.0632. The molecule has 0 aliphatic rings. The number of amides is 1. The van der Waals surface area contributed by atoms with Crippen LogP contribution in [0.5, 0.6) is 5.75 Å². The lowest BCUT2D eigenvalue weighted by Gasteiger charge is -2.12. The maximum Gasteiger partial charge on any atom is 0.433 e. The van der Waals surface area contributed by atoms with Crippen molar-refractivity contribution in [2.24, 2.45) is 5.73 Å². The lowest BCUT2D eigenvalue weighted by Crippen LogP contribution is -2.13. The summed E-state index contributed by atoms with van der Waals surface area (Å²) in [5.74, 6) is -0.197. The van der Waals surface area contributed by atoms with Gasteiger partial charge >= 0.3 is 6.18 Å². The van der Waals surface area contributed by atoms with Gasteiger partial charge in [-0.15, -0.1) is 11.3 Å². The summed E-state index contributed by atoms with van der Waals surface area (Å²) >= 11 is 1.42. The molecule has 0 saturated carbocycles. The Kier molecular flexibility index (Phi) is 4.38. The van der Waals surface area contributed by atoms with E-state index in [-0.39, 0.29) is 12.2 Å². The number of primary amides is 1. The van der Waals surface area contributed by atoms with Crippen LogP contribution < -0.4 is 10.5 Å². The van der Waals surface area contributed by atoms with Crippen molar-refractivity contribution in [2.75, 3.05) is 0 Å². The number of rotatable bonds is 4. The van der Waals surface area contributed by atoms with Gasteiger partial charge in [0.05, 0.1) is 5.56 Å². The summed E-state index contributed by atoms with van der Waals surface area (Å²) in [6, 6.07) is 7.75. The Morgan fingerprint density at radius 2 is 2.08 bits per heavy atom. The monoisotopic (exact) mass is 366 g/mol. The average molecular weight is 366 g/mol. The van der Waals surface area contributed by atoms with E-state index < -0.39 is 17.8 Å². The first-order chi connectivity index (χ1) is 11.8. The number of hydrogen-bond donors (Lipinski definition) is 1. The second-order valence-electron chi connectivity index (χ2n) is 5.35. The quantitative estimate of drug-likeness (QED) is 0.749. The SMILES string of the molecule is Cc1sc2ccc(OCc3cccnc3C(F)(F)F)cc2c1C(N)=O. The van der Waals surface area contributed by atoms with Gasteiger partial charge < -0.3 is 10.5 Å². The van der Waals surface area contributed by atoms with E-state index in [0.29, 0.717) is 16.7 Å². The van der Waals surface area contributed by atoms with E-state index >= 15 is 0 Å². The first-order valence-corrected chi connectivity index (χ1v) is 8.06. The third-order valence-electron chi connectivity index (χ3n) is 3.64. The number of fused-ring (bicyclic) bond motifs is 1. The predicted octanol–water partition coefficient (Wildman–Crippen LogP) is 4.30. The van der Waals surface area contributed by atoms with Gasteiger partial charge in [0.2, 0.25) is 5.91 Å².